The maximum absolute atomic E-state index is 2.54. The van der Waals surface area contributed by atoms with Crippen LogP contribution in [-0.2, 0) is 10.8 Å². The SMILES string of the molecule is c1ccc(C2(c3ccccc3)c3ccccc3-c3c(N(c4ccc5c(c4)C4(c6ccccc6-c6ccccc64)c4ccccc4-5)c4ccc5ccccc5c4)cccc32)cc1. The average molecular weight is 774 g/mol. The maximum Gasteiger partial charge on any atom is 0.0726 e. The van der Waals surface area contributed by atoms with Gasteiger partial charge in [-0.1, -0.05) is 206 Å². The van der Waals surface area contributed by atoms with Crippen LogP contribution < -0.4 is 4.90 Å². The van der Waals surface area contributed by atoms with E-state index in [4.69, 9.17) is 0 Å². The molecule has 0 bridgehead atoms. The smallest absolute Gasteiger partial charge is 0.0726 e. The standard InChI is InChI=1S/C60H39N/c1-3-20-42(21-4-1)59(43-22-5-2-6-23-43)54-31-16-12-27-50(54)58-55(59)32-17-33-57(58)61(44-35-34-40-18-7-8-19-41(40)38-44)45-36-37-49-48-26-11-15-30-53(48)60(56(49)39-45)51-28-13-9-24-46(51)47-25-10-14-29-52(47)60/h1-39H. The van der Waals surface area contributed by atoms with E-state index in [2.05, 4.69) is 241 Å². The van der Waals surface area contributed by atoms with Gasteiger partial charge in [0, 0.05) is 16.9 Å². The molecule has 284 valence electrons. The second kappa shape index (κ2) is 12.9. The summed E-state index contributed by atoms with van der Waals surface area (Å²) < 4.78 is 0. The highest BCUT2D eigenvalue weighted by Gasteiger charge is 2.52. The number of fused-ring (bicyclic) bond motifs is 14. The Hall–Kier alpha value is -7.74. The molecule has 10 aromatic rings. The number of hydrogen-bond acceptors (Lipinski definition) is 1. The molecule has 3 aliphatic rings. The molecule has 0 saturated carbocycles. The fourth-order valence-corrected chi connectivity index (χ4v) is 11.6. The highest BCUT2D eigenvalue weighted by atomic mass is 15.1. The van der Waals surface area contributed by atoms with Crippen LogP contribution in [0.15, 0.2) is 237 Å². The Kier molecular flexibility index (Phi) is 7.21. The molecule has 1 heteroatoms. The second-order valence-electron chi connectivity index (χ2n) is 16.7. The van der Waals surface area contributed by atoms with Crippen molar-refractivity contribution in [3.63, 3.8) is 0 Å². The van der Waals surface area contributed by atoms with Crippen molar-refractivity contribution < 1.29 is 0 Å². The van der Waals surface area contributed by atoms with Crippen molar-refractivity contribution in [1.29, 1.82) is 0 Å². The van der Waals surface area contributed by atoms with Gasteiger partial charge in [0.1, 0.15) is 0 Å². The largest absolute Gasteiger partial charge is 0.310 e. The average Bonchev–Trinajstić information content (AvgIpc) is 3.93. The molecule has 13 rings (SSSR count). The van der Waals surface area contributed by atoms with Crippen molar-refractivity contribution >= 4 is 27.8 Å². The zero-order chi connectivity index (χ0) is 40.1. The summed E-state index contributed by atoms with van der Waals surface area (Å²) in [6.07, 6.45) is 0. The molecule has 0 atom stereocenters. The van der Waals surface area contributed by atoms with E-state index in [-0.39, 0.29) is 0 Å². The molecule has 0 fully saturated rings. The number of nitrogens with zero attached hydrogens (tertiary/aromatic N) is 1. The van der Waals surface area contributed by atoms with E-state index in [1.807, 2.05) is 0 Å². The lowest BCUT2D eigenvalue weighted by Gasteiger charge is -2.35. The van der Waals surface area contributed by atoms with E-state index in [0.717, 1.165) is 17.1 Å². The van der Waals surface area contributed by atoms with Gasteiger partial charge < -0.3 is 4.90 Å². The summed E-state index contributed by atoms with van der Waals surface area (Å²) in [6.45, 7) is 0. The monoisotopic (exact) mass is 773 g/mol. The number of benzene rings is 10. The first-order valence-corrected chi connectivity index (χ1v) is 21.3. The first kappa shape index (κ1) is 34.2. The van der Waals surface area contributed by atoms with Crippen molar-refractivity contribution in [2.75, 3.05) is 4.90 Å². The quantitative estimate of drug-likeness (QED) is 0.168. The molecule has 0 amide bonds. The number of anilines is 3. The van der Waals surface area contributed by atoms with E-state index in [0.29, 0.717) is 0 Å². The lowest BCUT2D eigenvalue weighted by Crippen LogP contribution is -2.28. The van der Waals surface area contributed by atoms with Gasteiger partial charge in [0.05, 0.1) is 16.5 Å². The van der Waals surface area contributed by atoms with Gasteiger partial charge in [0.2, 0.25) is 0 Å². The van der Waals surface area contributed by atoms with Crippen LogP contribution in [-0.4, -0.2) is 0 Å². The number of rotatable bonds is 5. The molecule has 3 aliphatic carbocycles. The summed E-state index contributed by atoms with van der Waals surface area (Å²) in [6, 6.07) is 88.5. The predicted octanol–water partition coefficient (Wildman–Crippen LogP) is 15.0. The van der Waals surface area contributed by atoms with E-state index in [9.17, 15) is 0 Å². The van der Waals surface area contributed by atoms with E-state index >= 15 is 0 Å². The number of hydrogen-bond donors (Lipinski definition) is 0. The Labute approximate surface area is 356 Å². The molecule has 1 spiro atoms. The fraction of sp³-hybridized carbons (Fsp3) is 0.0333. The minimum atomic E-state index is -0.513. The Bertz CT molecular complexity index is 3280. The molecule has 0 aromatic heterocycles. The normalized spacial score (nSPS) is 14.2. The zero-order valence-electron chi connectivity index (χ0n) is 33.5. The summed E-state index contributed by atoms with van der Waals surface area (Å²) in [5, 5.41) is 2.44. The van der Waals surface area contributed by atoms with Crippen LogP contribution >= 0.6 is 0 Å². The van der Waals surface area contributed by atoms with Crippen LogP contribution in [0.25, 0.3) is 44.2 Å². The fourth-order valence-electron chi connectivity index (χ4n) is 11.6. The first-order chi connectivity index (χ1) is 30.3. The van der Waals surface area contributed by atoms with Crippen LogP contribution in [0.3, 0.4) is 0 Å². The maximum atomic E-state index is 2.54. The molecule has 10 aromatic carbocycles. The van der Waals surface area contributed by atoms with Gasteiger partial charge in [0.25, 0.3) is 0 Å². The van der Waals surface area contributed by atoms with Crippen LogP contribution in [0.2, 0.25) is 0 Å². The highest BCUT2D eigenvalue weighted by molar-refractivity contribution is 6.01. The van der Waals surface area contributed by atoms with E-state index < -0.39 is 10.8 Å². The lowest BCUT2D eigenvalue weighted by atomic mass is 9.68. The van der Waals surface area contributed by atoms with E-state index in [1.54, 1.807) is 0 Å². The molecule has 0 unspecified atom stereocenters. The van der Waals surface area contributed by atoms with Crippen LogP contribution in [0.1, 0.15) is 44.5 Å². The summed E-state index contributed by atoms with van der Waals surface area (Å²) in [4.78, 5) is 2.54. The minimum Gasteiger partial charge on any atom is -0.310 e. The van der Waals surface area contributed by atoms with Crippen molar-refractivity contribution in [2.45, 2.75) is 10.8 Å². The van der Waals surface area contributed by atoms with Gasteiger partial charge in [-0.3, -0.25) is 0 Å². The third-order valence-corrected chi connectivity index (χ3v) is 13.9. The van der Waals surface area contributed by atoms with Gasteiger partial charge in [-0.15, -0.1) is 0 Å². The van der Waals surface area contributed by atoms with Crippen molar-refractivity contribution in [3.05, 3.63) is 281 Å². The van der Waals surface area contributed by atoms with Crippen LogP contribution in [0.4, 0.5) is 17.1 Å². The summed E-state index contributed by atoms with van der Waals surface area (Å²) in [5.41, 5.74) is 20.7. The Morgan fingerprint density at radius 1 is 0.262 bits per heavy atom. The first-order valence-electron chi connectivity index (χ1n) is 21.3. The Morgan fingerprint density at radius 2 is 0.705 bits per heavy atom. The highest BCUT2D eigenvalue weighted by Crippen LogP contribution is 2.64. The topological polar surface area (TPSA) is 3.24 Å². The van der Waals surface area contributed by atoms with Gasteiger partial charge in [0.15, 0.2) is 0 Å². The molecule has 0 heterocycles. The molecule has 61 heavy (non-hydrogen) atoms. The molecular weight excluding hydrogens is 735 g/mol. The minimum absolute atomic E-state index is 0.453. The second-order valence-corrected chi connectivity index (χ2v) is 16.7. The predicted molar refractivity (Wildman–Crippen MR) is 252 cm³/mol. The van der Waals surface area contributed by atoms with Crippen molar-refractivity contribution in [3.8, 4) is 33.4 Å². The Balaban J connectivity index is 1.13. The van der Waals surface area contributed by atoms with Crippen LogP contribution in [0.5, 0.6) is 0 Å². The third kappa shape index (κ3) is 4.50. The van der Waals surface area contributed by atoms with Crippen molar-refractivity contribution in [1.82, 2.24) is 0 Å². The molecule has 0 radical (unpaired) electrons. The van der Waals surface area contributed by atoms with E-state index in [1.165, 1.54) is 88.7 Å². The molecule has 0 aliphatic heterocycles. The van der Waals surface area contributed by atoms with Crippen LogP contribution in [0, 0.1) is 0 Å². The molecule has 1 nitrogen and oxygen atoms in total. The summed E-state index contributed by atoms with van der Waals surface area (Å²) in [5.74, 6) is 0. The molecule has 0 saturated heterocycles. The third-order valence-electron chi connectivity index (χ3n) is 13.9. The van der Waals surface area contributed by atoms with Gasteiger partial charge in [-0.25, -0.2) is 0 Å². The van der Waals surface area contributed by atoms with Gasteiger partial charge in [-0.05, 0) is 113 Å². The summed E-state index contributed by atoms with van der Waals surface area (Å²) >= 11 is 0. The molecule has 0 N–H and O–H groups in total. The zero-order valence-corrected chi connectivity index (χ0v) is 33.5. The van der Waals surface area contributed by atoms with Crippen molar-refractivity contribution in [2.24, 2.45) is 0 Å². The molecular formula is C60H39N. The lowest BCUT2D eigenvalue weighted by molar-refractivity contribution is 0.768. The Morgan fingerprint density at radius 3 is 1.31 bits per heavy atom. The summed E-state index contributed by atoms with van der Waals surface area (Å²) in [7, 11) is 0. The van der Waals surface area contributed by atoms with Gasteiger partial charge >= 0.3 is 0 Å². The van der Waals surface area contributed by atoms with Gasteiger partial charge in [-0.2, -0.15) is 0 Å².